The number of anilines is 1. The van der Waals surface area contributed by atoms with Gasteiger partial charge < -0.3 is 33.7 Å². The van der Waals surface area contributed by atoms with Gasteiger partial charge in [0.05, 0.1) is 0 Å². The molecule has 0 unspecified atom stereocenters. The van der Waals surface area contributed by atoms with Gasteiger partial charge in [-0.25, -0.2) is 0 Å². The number of piperidine rings is 1. The van der Waals surface area contributed by atoms with E-state index in [1.54, 1.807) is 11.8 Å². The molecule has 0 radical (unpaired) electrons. The first kappa shape index (κ1) is 25.9. The number of amides is 3. The summed E-state index contributed by atoms with van der Waals surface area (Å²) in [6.07, 6.45) is 2.16. The molecule has 1 heterocycles. The smallest absolute Gasteiger partial charge is 0.280 e. The Balaban J connectivity index is 0.00000450. The van der Waals surface area contributed by atoms with E-state index in [9.17, 15) is 14.4 Å². The predicted molar refractivity (Wildman–Crippen MR) is 113 cm³/mol. The molecule has 1 fully saturated rings. The Morgan fingerprint density at radius 2 is 1.67 bits per heavy atom. The van der Waals surface area contributed by atoms with Crippen LogP contribution in [0.5, 0.6) is 0 Å². The Kier molecular flexibility index (Phi) is 10.3. The molecule has 0 spiro atoms. The molecule has 0 aliphatic carbocycles. The molecule has 1 aliphatic heterocycles. The quantitative estimate of drug-likeness (QED) is 0.467. The minimum Gasteiger partial charge on any atom is -1.00 e. The van der Waals surface area contributed by atoms with Gasteiger partial charge in [-0.15, -0.1) is 0 Å². The highest BCUT2D eigenvalue weighted by atomic mass is 35.5. The van der Waals surface area contributed by atoms with Gasteiger partial charge in [-0.1, -0.05) is 32.9 Å². The minimum absolute atomic E-state index is 0. The van der Waals surface area contributed by atoms with Crippen molar-refractivity contribution in [2.45, 2.75) is 59.0 Å². The Bertz CT molecular complexity index is 716. The minimum atomic E-state index is -0.627. The molecular formula is C22H35ClN4O3. The van der Waals surface area contributed by atoms with Gasteiger partial charge in [-0.2, -0.15) is 0 Å². The van der Waals surface area contributed by atoms with Crippen LogP contribution in [0.2, 0.25) is 0 Å². The predicted octanol–water partition coefficient (Wildman–Crippen LogP) is -1.80. The van der Waals surface area contributed by atoms with Gasteiger partial charge in [0.2, 0.25) is 11.8 Å². The molecule has 8 heteroatoms. The molecule has 1 saturated heterocycles. The van der Waals surface area contributed by atoms with Crippen LogP contribution in [0.3, 0.4) is 0 Å². The first-order valence-electron chi connectivity index (χ1n) is 10.5. The SMILES string of the molecule is CCc1ccc(NC(=O)[C@H](C)NC(=O)C2CCN(C(=O)[C@@H]([NH3+])C(C)C)CC2)cc1.[Cl-]. The zero-order chi connectivity index (χ0) is 21.6. The summed E-state index contributed by atoms with van der Waals surface area (Å²) in [6.45, 7) is 8.84. The van der Waals surface area contributed by atoms with Crippen molar-refractivity contribution in [3.8, 4) is 0 Å². The average Bonchev–Trinajstić information content (AvgIpc) is 2.73. The molecule has 2 atom stereocenters. The molecule has 1 aromatic rings. The van der Waals surface area contributed by atoms with Gasteiger partial charge in [-0.05, 0) is 43.9 Å². The number of hydrogen-bond donors (Lipinski definition) is 3. The first-order valence-corrected chi connectivity index (χ1v) is 10.5. The average molecular weight is 439 g/mol. The van der Waals surface area contributed by atoms with Gasteiger partial charge in [0, 0.05) is 30.6 Å². The van der Waals surface area contributed by atoms with E-state index >= 15 is 0 Å². The fraction of sp³-hybridized carbons (Fsp3) is 0.591. The molecule has 1 aliphatic rings. The van der Waals surface area contributed by atoms with Crippen LogP contribution in [0.1, 0.15) is 46.1 Å². The Hall–Kier alpha value is -2.12. The lowest BCUT2D eigenvalue weighted by molar-refractivity contribution is -0.416. The highest BCUT2D eigenvalue weighted by Crippen LogP contribution is 2.19. The van der Waals surface area contributed by atoms with E-state index in [4.69, 9.17) is 0 Å². The Morgan fingerprint density at radius 1 is 1.10 bits per heavy atom. The zero-order valence-electron chi connectivity index (χ0n) is 18.4. The van der Waals surface area contributed by atoms with E-state index in [1.165, 1.54) is 5.56 Å². The standard InChI is InChI=1S/C22H34N4O3.ClH/c1-5-16-6-8-18(9-7-16)25-20(27)15(4)24-21(28)17-10-12-26(13-11-17)22(29)19(23)14(2)3;/h6-9,14-15,17,19H,5,10-13,23H2,1-4H3,(H,24,28)(H,25,27);1H/t15-,19-;/m0./s1. The Morgan fingerprint density at radius 3 is 2.17 bits per heavy atom. The summed E-state index contributed by atoms with van der Waals surface area (Å²) in [6, 6.07) is 6.80. The lowest BCUT2D eigenvalue weighted by Crippen LogP contribution is -3.00. The molecule has 5 N–H and O–H groups in total. The lowest BCUT2D eigenvalue weighted by atomic mass is 9.94. The maximum Gasteiger partial charge on any atom is 0.280 e. The van der Waals surface area contributed by atoms with Gasteiger partial charge in [-0.3, -0.25) is 14.4 Å². The van der Waals surface area contributed by atoms with Crippen molar-refractivity contribution in [1.82, 2.24) is 10.2 Å². The third kappa shape index (κ3) is 6.99. The van der Waals surface area contributed by atoms with Gasteiger partial charge in [0.1, 0.15) is 6.04 Å². The van der Waals surface area contributed by atoms with Crippen molar-refractivity contribution >= 4 is 23.4 Å². The number of benzene rings is 1. The molecule has 0 saturated carbocycles. The molecule has 3 amide bonds. The normalized spacial score (nSPS) is 16.4. The van der Waals surface area contributed by atoms with Crippen LogP contribution in [-0.4, -0.2) is 47.8 Å². The third-order valence-corrected chi connectivity index (χ3v) is 5.68. The van der Waals surface area contributed by atoms with Crippen LogP contribution in [0, 0.1) is 11.8 Å². The summed E-state index contributed by atoms with van der Waals surface area (Å²) < 4.78 is 0. The monoisotopic (exact) mass is 438 g/mol. The number of likely N-dealkylation sites (tertiary alicyclic amines) is 1. The van der Waals surface area contributed by atoms with E-state index in [0.717, 1.165) is 6.42 Å². The van der Waals surface area contributed by atoms with E-state index in [2.05, 4.69) is 23.3 Å². The molecule has 168 valence electrons. The zero-order valence-corrected chi connectivity index (χ0v) is 19.2. The van der Waals surface area contributed by atoms with Crippen LogP contribution < -0.4 is 28.8 Å². The summed E-state index contributed by atoms with van der Waals surface area (Å²) >= 11 is 0. The van der Waals surface area contributed by atoms with Gasteiger partial charge in [0.25, 0.3) is 5.91 Å². The van der Waals surface area contributed by atoms with E-state index in [-0.39, 0.29) is 48.0 Å². The second kappa shape index (κ2) is 11.9. The molecule has 30 heavy (non-hydrogen) atoms. The number of hydrogen-bond acceptors (Lipinski definition) is 3. The van der Waals surface area contributed by atoms with Crippen LogP contribution in [-0.2, 0) is 20.8 Å². The maximum atomic E-state index is 12.6. The van der Waals surface area contributed by atoms with Gasteiger partial charge >= 0.3 is 0 Å². The number of carbonyl (C=O) groups excluding carboxylic acids is 3. The maximum absolute atomic E-state index is 12.6. The molecular weight excluding hydrogens is 404 g/mol. The summed E-state index contributed by atoms with van der Waals surface area (Å²) in [5, 5.41) is 5.64. The summed E-state index contributed by atoms with van der Waals surface area (Å²) in [4.78, 5) is 39.2. The van der Waals surface area contributed by atoms with Crippen molar-refractivity contribution in [3.63, 3.8) is 0 Å². The second-order valence-electron chi connectivity index (χ2n) is 8.22. The number of halogens is 1. The van der Waals surface area contributed by atoms with Crippen LogP contribution >= 0.6 is 0 Å². The fourth-order valence-corrected chi connectivity index (χ4v) is 3.35. The lowest BCUT2D eigenvalue weighted by Gasteiger charge is -2.33. The highest BCUT2D eigenvalue weighted by molar-refractivity contribution is 5.97. The third-order valence-electron chi connectivity index (χ3n) is 5.68. The highest BCUT2D eigenvalue weighted by Gasteiger charge is 2.32. The van der Waals surface area contributed by atoms with Crippen molar-refractivity contribution in [3.05, 3.63) is 29.8 Å². The molecule has 0 bridgehead atoms. The largest absolute Gasteiger partial charge is 1.00 e. The summed E-state index contributed by atoms with van der Waals surface area (Å²) in [7, 11) is 0. The first-order chi connectivity index (χ1) is 13.7. The van der Waals surface area contributed by atoms with Crippen molar-refractivity contribution in [1.29, 1.82) is 0 Å². The van der Waals surface area contributed by atoms with Crippen molar-refractivity contribution in [2.75, 3.05) is 18.4 Å². The number of aryl methyl sites for hydroxylation is 1. The molecule has 2 rings (SSSR count). The van der Waals surface area contributed by atoms with Crippen LogP contribution in [0.4, 0.5) is 5.69 Å². The number of nitrogens with one attached hydrogen (secondary N) is 2. The van der Waals surface area contributed by atoms with Crippen molar-refractivity contribution < 1.29 is 32.5 Å². The summed E-state index contributed by atoms with van der Waals surface area (Å²) in [5.41, 5.74) is 5.87. The van der Waals surface area contributed by atoms with E-state index in [1.807, 2.05) is 38.1 Å². The van der Waals surface area contributed by atoms with Crippen molar-refractivity contribution in [2.24, 2.45) is 11.8 Å². The van der Waals surface area contributed by atoms with E-state index < -0.39 is 6.04 Å². The molecule has 7 nitrogen and oxygen atoms in total. The number of rotatable bonds is 7. The summed E-state index contributed by atoms with van der Waals surface area (Å²) in [5.74, 6) is -0.301. The fourth-order valence-electron chi connectivity index (χ4n) is 3.35. The molecule has 0 aromatic heterocycles. The van der Waals surface area contributed by atoms with Gasteiger partial charge in [0.15, 0.2) is 6.04 Å². The number of nitrogens with zero attached hydrogens (tertiary/aromatic N) is 1. The van der Waals surface area contributed by atoms with E-state index in [0.29, 0.717) is 31.6 Å². The van der Waals surface area contributed by atoms with Crippen LogP contribution in [0.15, 0.2) is 24.3 Å². The number of carbonyl (C=O) groups is 3. The number of quaternary nitrogens is 1. The Labute approximate surface area is 185 Å². The molecule has 1 aromatic carbocycles. The second-order valence-corrected chi connectivity index (χ2v) is 8.22. The topological polar surface area (TPSA) is 106 Å². The van der Waals surface area contributed by atoms with Crippen LogP contribution in [0.25, 0.3) is 0 Å².